The van der Waals surface area contributed by atoms with Crippen LogP contribution in [0.3, 0.4) is 0 Å². The minimum Gasteiger partial charge on any atom is -0.496 e. The molecule has 5 heteroatoms. The van der Waals surface area contributed by atoms with Crippen LogP contribution in [0.25, 0.3) is 0 Å². The van der Waals surface area contributed by atoms with E-state index in [9.17, 15) is 0 Å². The van der Waals surface area contributed by atoms with Gasteiger partial charge in [0.15, 0.2) is 11.5 Å². The predicted octanol–water partition coefficient (Wildman–Crippen LogP) is 2.07. The Morgan fingerprint density at radius 1 is 1.00 bits per heavy atom. The van der Waals surface area contributed by atoms with Gasteiger partial charge in [-0.2, -0.15) is 0 Å². The van der Waals surface area contributed by atoms with Gasteiger partial charge in [-0.15, -0.1) is 0 Å². The van der Waals surface area contributed by atoms with Gasteiger partial charge in [0.1, 0.15) is 5.75 Å². The quantitative estimate of drug-likeness (QED) is 0.870. The first-order valence-corrected chi connectivity index (χ1v) is 7.49. The van der Waals surface area contributed by atoms with E-state index < -0.39 is 0 Å². The summed E-state index contributed by atoms with van der Waals surface area (Å²) in [7, 11) is 5.01. The number of methoxy groups -OCH3 is 3. The number of ether oxygens (including phenoxy) is 3. The molecule has 2 rings (SSSR count). The zero-order chi connectivity index (χ0) is 15.2. The van der Waals surface area contributed by atoms with Crippen molar-refractivity contribution in [2.45, 2.75) is 19.4 Å². The van der Waals surface area contributed by atoms with Crippen molar-refractivity contribution in [2.75, 3.05) is 47.5 Å². The molecule has 1 atom stereocenters. The van der Waals surface area contributed by atoms with Gasteiger partial charge in [0.25, 0.3) is 0 Å². The molecule has 21 heavy (non-hydrogen) atoms. The van der Waals surface area contributed by atoms with Crippen molar-refractivity contribution in [1.82, 2.24) is 10.2 Å². The normalized spacial score (nSPS) is 17.3. The van der Waals surface area contributed by atoms with Crippen molar-refractivity contribution >= 4 is 0 Å². The largest absolute Gasteiger partial charge is 0.496 e. The van der Waals surface area contributed by atoms with E-state index >= 15 is 0 Å². The topological polar surface area (TPSA) is 43.0 Å². The molecule has 1 aliphatic heterocycles. The second kappa shape index (κ2) is 7.52. The minimum absolute atomic E-state index is 0.335. The first-order valence-electron chi connectivity index (χ1n) is 7.49. The fraction of sp³-hybridized carbons (Fsp3) is 0.625. The number of hydrogen-bond acceptors (Lipinski definition) is 5. The molecule has 0 saturated carbocycles. The Bertz CT molecular complexity index is 459. The lowest BCUT2D eigenvalue weighted by atomic mass is 10.00. The third-order valence-electron chi connectivity index (χ3n) is 4.07. The standard InChI is InChI=1S/C16H26N2O3/c1-5-13(18-8-6-17-7-9-18)12-10-15(20-3)16(21-4)11-14(12)19-2/h10-11,13,17H,5-9H2,1-4H3/t13-/m0/s1. The second-order valence-electron chi connectivity index (χ2n) is 5.16. The van der Waals surface area contributed by atoms with Crippen molar-refractivity contribution in [3.05, 3.63) is 17.7 Å². The second-order valence-corrected chi connectivity index (χ2v) is 5.16. The van der Waals surface area contributed by atoms with Crippen LogP contribution in [-0.2, 0) is 0 Å². The number of nitrogens with one attached hydrogen (secondary N) is 1. The molecule has 1 fully saturated rings. The summed E-state index contributed by atoms with van der Waals surface area (Å²) in [6, 6.07) is 4.30. The van der Waals surface area contributed by atoms with E-state index in [-0.39, 0.29) is 0 Å². The summed E-state index contributed by atoms with van der Waals surface area (Å²) >= 11 is 0. The lowest BCUT2D eigenvalue weighted by Gasteiger charge is -2.35. The summed E-state index contributed by atoms with van der Waals surface area (Å²) in [5.41, 5.74) is 1.17. The van der Waals surface area contributed by atoms with Crippen LogP contribution < -0.4 is 19.5 Å². The summed E-state index contributed by atoms with van der Waals surface area (Å²) in [5.74, 6) is 2.31. The average molecular weight is 294 g/mol. The Morgan fingerprint density at radius 2 is 1.57 bits per heavy atom. The molecule has 0 spiro atoms. The van der Waals surface area contributed by atoms with E-state index in [0.717, 1.165) is 44.1 Å². The molecule has 1 aliphatic rings. The summed E-state index contributed by atoms with van der Waals surface area (Å²) in [6.45, 7) is 6.38. The van der Waals surface area contributed by atoms with E-state index in [4.69, 9.17) is 14.2 Å². The van der Waals surface area contributed by atoms with Gasteiger partial charge in [0, 0.05) is 43.9 Å². The molecule has 0 amide bonds. The number of piperazine rings is 1. The lowest BCUT2D eigenvalue weighted by Crippen LogP contribution is -2.45. The van der Waals surface area contributed by atoms with Crippen LogP contribution >= 0.6 is 0 Å². The van der Waals surface area contributed by atoms with Crippen molar-refractivity contribution < 1.29 is 14.2 Å². The number of rotatable bonds is 6. The monoisotopic (exact) mass is 294 g/mol. The smallest absolute Gasteiger partial charge is 0.164 e. The summed E-state index contributed by atoms with van der Waals surface area (Å²) in [4.78, 5) is 2.50. The Morgan fingerprint density at radius 3 is 2.10 bits per heavy atom. The molecule has 5 nitrogen and oxygen atoms in total. The predicted molar refractivity (Wildman–Crippen MR) is 83.6 cm³/mol. The van der Waals surface area contributed by atoms with Crippen LogP contribution in [0.15, 0.2) is 12.1 Å². The summed E-state index contributed by atoms with van der Waals surface area (Å²) in [5, 5.41) is 3.40. The highest BCUT2D eigenvalue weighted by atomic mass is 16.5. The molecule has 0 unspecified atom stereocenters. The van der Waals surface area contributed by atoms with Crippen LogP contribution in [0.5, 0.6) is 17.2 Å². The SMILES string of the molecule is CC[C@@H](c1cc(OC)c(OC)cc1OC)N1CCNCC1. The highest BCUT2D eigenvalue weighted by Gasteiger charge is 2.25. The molecular weight excluding hydrogens is 268 g/mol. The molecule has 0 aliphatic carbocycles. The lowest BCUT2D eigenvalue weighted by molar-refractivity contribution is 0.166. The van der Waals surface area contributed by atoms with Crippen molar-refractivity contribution in [3.63, 3.8) is 0 Å². The van der Waals surface area contributed by atoms with Gasteiger partial charge >= 0.3 is 0 Å². The van der Waals surface area contributed by atoms with E-state index in [1.54, 1.807) is 21.3 Å². The molecule has 118 valence electrons. The maximum atomic E-state index is 5.58. The van der Waals surface area contributed by atoms with Gasteiger partial charge in [0.05, 0.1) is 21.3 Å². The van der Waals surface area contributed by atoms with Gasteiger partial charge in [-0.25, -0.2) is 0 Å². The Labute approximate surface area is 127 Å². The maximum absolute atomic E-state index is 5.58. The zero-order valence-corrected chi connectivity index (χ0v) is 13.4. The molecular formula is C16H26N2O3. The van der Waals surface area contributed by atoms with Crippen molar-refractivity contribution in [1.29, 1.82) is 0 Å². The summed E-state index contributed by atoms with van der Waals surface area (Å²) in [6.07, 6.45) is 1.03. The molecule has 1 N–H and O–H groups in total. The van der Waals surface area contributed by atoms with E-state index in [2.05, 4.69) is 17.1 Å². The first kappa shape index (κ1) is 15.9. The number of hydrogen-bond donors (Lipinski definition) is 1. The van der Waals surface area contributed by atoms with Crippen molar-refractivity contribution in [2.24, 2.45) is 0 Å². The third kappa shape index (κ3) is 3.41. The van der Waals surface area contributed by atoms with Crippen LogP contribution in [0, 0.1) is 0 Å². The van der Waals surface area contributed by atoms with Crippen LogP contribution in [0.1, 0.15) is 24.9 Å². The molecule has 0 aromatic heterocycles. The van der Waals surface area contributed by atoms with E-state index in [1.807, 2.05) is 12.1 Å². The third-order valence-corrected chi connectivity index (χ3v) is 4.07. The van der Waals surface area contributed by atoms with Crippen molar-refractivity contribution in [3.8, 4) is 17.2 Å². The number of benzene rings is 1. The zero-order valence-electron chi connectivity index (χ0n) is 13.4. The first-order chi connectivity index (χ1) is 10.2. The van der Waals surface area contributed by atoms with Crippen LogP contribution in [0.4, 0.5) is 0 Å². The highest BCUT2D eigenvalue weighted by molar-refractivity contribution is 5.51. The van der Waals surface area contributed by atoms with Gasteiger partial charge < -0.3 is 19.5 Å². The molecule has 0 radical (unpaired) electrons. The number of nitrogens with zero attached hydrogens (tertiary/aromatic N) is 1. The van der Waals surface area contributed by atoms with Gasteiger partial charge in [-0.05, 0) is 12.5 Å². The van der Waals surface area contributed by atoms with Gasteiger partial charge in [-0.1, -0.05) is 6.92 Å². The fourth-order valence-electron chi connectivity index (χ4n) is 2.98. The maximum Gasteiger partial charge on any atom is 0.164 e. The minimum atomic E-state index is 0.335. The van der Waals surface area contributed by atoms with Crippen LogP contribution in [0.2, 0.25) is 0 Å². The average Bonchev–Trinajstić information content (AvgIpc) is 2.56. The Kier molecular flexibility index (Phi) is 5.70. The van der Waals surface area contributed by atoms with Gasteiger partial charge in [0.2, 0.25) is 0 Å². The molecule has 1 aromatic carbocycles. The van der Waals surface area contributed by atoms with E-state index in [1.165, 1.54) is 5.56 Å². The highest BCUT2D eigenvalue weighted by Crippen LogP contribution is 2.40. The van der Waals surface area contributed by atoms with E-state index in [0.29, 0.717) is 11.8 Å². The molecule has 1 aromatic rings. The molecule has 0 bridgehead atoms. The molecule has 1 saturated heterocycles. The summed E-state index contributed by atoms with van der Waals surface area (Å²) < 4.78 is 16.4. The molecule has 1 heterocycles. The Balaban J connectivity index is 2.38. The Hall–Kier alpha value is -1.46. The fourth-order valence-corrected chi connectivity index (χ4v) is 2.98. The van der Waals surface area contributed by atoms with Gasteiger partial charge in [-0.3, -0.25) is 4.90 Å². The van der Waals surface area contributed by atoms with Crippen LogP contribution in [-0.4, -0.2) is 52.4 Å².